The van der Waals surface area contributed by atoms with E-state index in [1.54, 1.807) is 39.0 Å². The van der Waals surface area contributed by atoms with Crippen LogP contribution in [0.15, 0.2) is 24.3 Å². The Bertz CT molecular complexity index is 1040. The van der Waals surface area contributed by atoms with Gasteiger partial charge in [-0.15, -0.1) is 0 Å². The van der Waals surface area contributed by atoms with Gasteiger partial charge in [0.2, 0.25) is 11.8 Å². The number of likely N-dealkylation sites (N-methyl/N-ethyl adjacent to an activating group) is 1. The Balaban J connectivity index is 1.61. The minimum absolute atomic E-state index is 0.0386. The molecule has 0 aliphatic carbocycles. The lowest BCUT2D eigenvalue weighted by Gasteiger charge is -2.40. The van der Waals surface area contributed by atoms with E-state index < -0.39 is 6.04 Å². The highest BCUT2D eigenvalue weighted by atomic mass is 16.2. The Kier molecular flexibility index (Phi) is 12.2. The maximum absolute atomic E-state index is 13.3. The van der Waals surface area contributed by atoms with E-state index >= 15 is 0 Å². The Hall–Kier alpha value is -3.23. The Labute approximate surface area is 238 Å². The number of ketones is 1. The Morgan fingerprint density at radius 3 is 1.98 bits per heavy atom. The third-order valence-electron chi connectivity index (χ3n) is 7.94. The molecule has 1 aromatic carbocycles. The number of unbranched alkanes of at least 4 members (excludes halogenated alkanes) is 4. The zero-order valence-electron chi connectivity index (χ0n) is 24.5. The zero-order chi connectivity index (χ0) is 29.1. The molecule has 40 heavy (non-hydrogen) atoms. The SMILES string of the molecule is CCCCCCCC(=O)N1CCN(C(=O)c2ccc(C(=O)N3CCC(C(=O)CCC)C3)cc2)CC1C(=O)NCC. The number of benzene rings is 1. The van der Waals surface area contributed by atoms with Crippen molar-refractivity contribution in [3.63, 3.8) is 0 Å². The highest BCUT2D eigenvalue weighted by Crippen LogP contribution is 2.22. The summed E-state index contributed by atoms with van der Waals surface area (Å²) in [5.74, 6) is -0.521. The lowest BCUT2D eigenvalue weighted by atomic mass is 10.00. The first-order valence-electron chi connectivity index (χ1n) is 15.1. The van der Waals surface area contributed by atoms with Crippen molar-refractivity contribution in [1.82, 2.24) is 20.0 Å². The van der Waals surface area contributed by atoms with Crippen LogP contribution in [0.1, 0.15) is 99.3 Å². The number of hydrogen-bond donors (Lipinski definition) is 1. The van der Waals surface area contributed by atoms with Crippen LogP contribution in [0.4, 0.5) is 0 Å². The molecule has 0 aromatic heterocycles. The Morgan fingerprint density at radius 2 is 1.38 bits per heavy atom. The van der Waals surface area contributed by atoms with Crippen molar-refractivity contribution in [1.29, 1.82) is 0 Å². The standard InChI is InChI=1S/C31H46N4O5/c1-4-7-8-9-10-12-28(37)35-20-19-34(22-26(35)29(38)32-6-3)31(40)24-15-13-23(14-16-24)30(39)33-18-17-25(21-33)27(36)11-5-2/h13-16,25-26H,4-12,17-22H2,1-3H3,(H,32,38). The summed E-state index contributed by atoms with van der Waals surface area (Å²) in [5, 5.41) is 2.81. The van der Waals surface area contributed by atoms with Gasteiger partial charge in [-0.05, 0) is 50.5 Å². The van der Waals surface area contributed by atoms with E-state index in [2.05, 4.69) is 12.2 Å². The van der Waals surface area contributed by atoms with Crippen LogP contribution in [0.25, 0.3) is 0 Å². The summed E-state index contributed by atoms with van der Waals surface area (Å²) < 4.78 is 0. The fraction of sp³-hybridized carbons (Fsp3) is 0.645. The molecule has 2 unspecified atom stereocenters. The molecule has 3 rings (SSSR count). The van der Waals surface area contributed by atoms with Crippen molar-refractivity contribution in [2.75, 3.05) is 39.3 Å². The van der Waals surface area contributed by atoms with Crippen molar-refractivity contribution in [2.45, 2.75) is 84.6 Å². The van der Waals surface area contributed by atoms with Crippen LogP contribution in [0, 0.1) is 5.92 Å². The number of likely N-dealkylation sites (tertiary alicyclic amines) is 1. The van der Waals surface area contributed by atoms with Crippen molar-refractivity contribution < 1.29 is 24.0 Å². The van der Waals surface area contributed by atoms with Crippen LogP contribution in [0.5, 0.6) is 0 Å². The van der Waals surface area contributed by atoms with Gasteiger partial charge in [-0.2, -0.15) is 0 Å². The molecular formula is C31H46N4O5. The molecule has 0 bridgehead atoms. The van der Waals surface area contributed by atoms with E-state index in [-0.39, 0.29) is 41.9 Å². The van der Waals surface area contributed by atoms with E-state index in [1.165, 1.54) is 0 Å². The van der Waals surface area contributed by atoms with Gasteiger partial charge in [-0.25, -0.2) is 0 Å². The van der Waals surface area contributed by atoms with Crippen LogP contribution in [-0.4, -0.2) is 89.4 Å². The smallest absolute Gasteiger partial charge is 0.253 e. The normalized spacial score (nSPS) is 19.0. The third-order valence-corrected chi connectivity index (χ3v) is 7.94. The Morgan fingerprint density at radius 1 is 0.750 bits per heavy atom. The first-order chi connectivity index (χ1) is 19.3. The average molecular weight is 555 g/mol. The summed E-state index contributed by atoms with van der Waals surface area (Å²) in [4.78, 5) is 69.4. The number of nitrogens with one attached hydrogen (secondary N) is 1. The van der Waals surface area contributed by atoms with Crippen molar-refractivity contribution in [2.24, 2.45) is 5.92 Å². The molecule has 0 saturated carbocycles. The highest BCUT2D eigenvalue weighted by molar-refractivity contribution is 5.99. The number of carbonyl (C=O) groups excluding carboxylic acids is 5. The highest BCUT2D eigenvalue weighted by Gasteiger charge is 2.37. The molecule has 2 aliphatic heterocycles. The molecule has 2 atom stereocenters. The van der Waals surface area contributed by atoms with Crippen molar-refractivity contribution in [3.05, 3.63) is 35.4 Å². The molecule has 9 heteroatoms. The summed E-state index contributed by atoms with van der Waals surface area (Å²) in [6, 6.07) is 5.85. The molecule has 1 aromatic rings. The topological polar surface area (TPSA) is 107 Å². The molecule has 2 aliphatic rings. The minimum atomic E-state index is -0.722. The van der Waals surface area contributed by atoms with E-state index in [0.717, 1.165) is 38.5 Å². The van der Waals surface area contributed by atoms with Gasteiger partial charge < -0.3 is 20.0 Å². The number of hydrogen-bond acceptors (Lipinski definition) is 5. The van der Waals surface area contributed by atoms with Crippen LogP contribution in [-0.2, 0) is 14.4 Å². The molecule has 0 spiro atoms. The summed E-state index contributed by atoms with van der Waals surface area (Å²) in [7, 11) is 0. The number of piperazine rings is 1. The molecule has 220 valence electrons. The second kappa shape index (κ2) is 15.5. The van der Waals surface area contributed by atoms with Crippen LogP contribution < -0.4 is 5.32 Å². The predicted octanol–water partition coefficient (Wildman–Crippen LogP) is 3.67. The van der Waals surface area contributed by atoms with Crippen LogP contribution in [0.2, 0.25) is 0 Å². The fourth-order valence-corrected chi connectivity index (χ4v) is 5.58. The van der Waals surface area contributed by atoms with Gasteiger partial charge >= 0.3 is 0 Å². The van der Waals surface area contributed by atoms with Gasteiger partial charge in [0.05, 0.1) is 6.54 Å². The molecule has 1 N–H and O–H groups in total. The molecule has 2 fully saturated rings. The number of Topliss-reactive ketones (excluding diaryl/α,β-unsaturated/α-hetero) is 1. The van der Waals surface area contributed by atoms with E-state index in [1.807, 2.05) is 13.8 Å². The van der Waals surface area contributed by atoms with Gasteiger partial charge in [0.1, 0.15) is 11.8 Å². The summed E-state index contributed by atoms with van der Waals surface area (Å²) >= 11 is 0. The molecule has 4 amide bonds. The van der Waals surface area contributed by atoms with Gasteiger partial charge in [0.25, 0.3) is 11.8 Å². The largest absolute Gasteiger partial charge is 0.355 e. The lowest BCUT2D eigenvalue weighted by Crippen LogP contribution is -2.61. The average Bonchev–Trinajstić information content (AvgIpc) is 3.47. The van der Waals surface area contributed by atoms with Crippen LogP contribution >= 0.6 is 0 Å². The number of amides is 4. The van der Waals surface area contributed by atoms with Gasteiger partial charge in [-0.3, -0.25) is 24.0 Å². The summed E-state index contributed by atoms with van der Waals surface area (Å²) in [6.45, 7) is 8.20. The molecule has 2 heterocycles. The van der Waals surface area contributed by atoms with Gasteiger partial charge in [-0.1, -0.05) is 39.5 Å². The second-order valence-corrected chi connectivity index (χ2v) is 10.9. The zero-order valence-corrected chi connectivity index (χ0v) is 24.5. The molecule has 2 saturated heterocycles. The summed E-state index contributed by atoms with van der Waals surface area (Å²) in [6.07, 6.45) is 7.67. The predicted molar refractivity (Wildman–Crippen MR) is 154 cm³/mol. The van der Waals surface area contributed by atoms with Crippen LogP contribution in [0.3, 0.4) is 0 Å². The minimum Gasteiger partial charge on any atom is -0.355 e. The fourth-order valence-electron chi connectivity index (χ4n) is 5.58. The van der Waals surface area contributed by atoms with E-state index in [9.17, 15) is 24.0 Å². The van der Waals surface area contributed by atoms with Crippen molar-refractivity contribution >= 4 is 29.4 Å². The molecule has 9 nitrogen and oxygen atoms in total. The quantitative estimate of drug-likeness (QED) is 0.375. The molecular weight excluding hydrogens is 508 g/mol. The molecule has 0 radical (unpaired) electrons. The van der Waals surface area contributed by atoms with Gasteiger partial charge in [0, 0.05) is 62.6 Å². The maximum atomic E-state index is 13.3. The summed E-state index contributed by atoms with van der Waals surface area (Å²) in [5.41, 5.74) is 0.911. The maximum Gasteiger partial charge on any atom is 0.253 e. The lowest BCUT2D eigenvalue weighted by molar-refractivity contribution is -0.143. The monoisotopic (exact) mass is 554 g/mol. The van der Waals surface area contributed by atoms with E-state index in [0.29, 0.717) is 63.1 Å². The number of carbonyl (C=O) groups is 5. The first kappa shape index (κ1) is 31.3. The number of nitrogens with zero attached hydrogens (tertiary/aromatic N) is 3. The number of rotatable bonds is 13. The van der Waals surface area contributed by atoms with Crippen molar-refractivity contribution in [3.8, 4) is 0 Å². The van der Waals surface area contributed by atoms with E-state index in [4.69, 9.17) is 0 Å². The first-order valence-corrected chi connectivity index (χ1v) is 15.1. The third kappa shape index (κ3) is 8.15. The second-order valence-electron chi connectivity index (χ2n) is 10.9. The van der Waals surface area contributed by atoms with Gasteiger partial charge in [0.15, 0.2) is 0 Å².